The van der Waals surface area contributed by atoms with E-state index in [1.807, 2.05) is 0 Å². The third-order valence-electron chi connectivity index (χ3n) is 2.99. The Bertz CT molecular complexity index is 430. The highest BCUT2D eigenvalue weighted by Crippen LogP contribution is 2.33. The van der Waals surface area contributed by atoms with Crippen LogP contribution in [0.2, 0.25) is 0 Å². The van der Waals surface area contributed by atoms with E-state index in [-0.39, 0.29) is 24.4 Å². The van der Waals surface area contributed by atoms with Crippen LogP contribution in [0.3, 0.4) is 0 Å². The first-order chi connectivity index (χ1) is 8.88. The number of esters is 1. The normalized spacial score (nSPS) is 28.4. The molecule has 2 rings (SSSR count). The van der Waals surface area contributed by atoms with Crippen LogP contribution in [-0.4, -0.2) is 55.7 Å². The molecule has 0 aromatic heterocycles. The highest BCUT2D eigenvalue weighted by Gasteiger charge is 2.46. The van der Waals surface area contributed by atoms with Crippen molar-refractivity contribution in [1.29, 1.82) is 0 Å². The highest BCUT2D eigenvalue weighted by molar-refractivity contribution is 5.92. The summed E-state index contributed by atoms with van der Waals surface area (Å²) >= 11 is 0. The largest absolute Gasteiger partial charge is 0.464 e. The zero-order chi connectivity index (χ0) is 14.2. The van der Waals surface area contributed by atoms with Gasteiger partial charge in [-0.25, -0.2) is 9.59 Å². The molecule has 0 N–H and O–H groups in total. The summed E-state index contributed by atoms with van der Waals surface area (Å²) in [7, 11) is 2.50. The first-order valence-electron chi connectivity index (χ1n) is 5.89. The van der Waals surface area contributed by atoms with Gasteiger partial charge in [0.05, 0.1) is 20.8 Å². The number of hydrogen-bond acceptors (Lipinski definition) is 6. The monoisotopic (exact) mass is 271 g/mol. The summed E-state index contributed by atoms with van der Waals surface area (Å²) in [4.78, 5) is 24.6. The standard InChI is InChI=1S/C12H17NO6/c1-12(2)18-8-5-7(10(14)16-3)13(11(15)17-4)6-9(8)19-12/h5,8-9H,6H2,1-4H3/t8-,9+/m0/s1. The topological polar surface area (TPSA) is 74.3 Å². The van der Waals surface area contributed by atoms with Gasteiger partial charge in [0.2, 0.25) is 0 Å². The Balaban J connectivity index is 2.30. The number of carbonyl (C=O) groups is 2. The first kappa shape index (κ1) is 13.8. The number of fused-ring (bicyclic) bond motifs is 1. The predicted octanol–water partition coefficient (Wildman–Crippen LogP) is 0.645. The number of hydrogen-bond donors (Lipinski definition) is 0. The van der Waals surface area contributed by atoms with E-state index in [1.54, 1.807) is 13.8 Å². The lowest BCUT2D eigenvalue weighted by atomic mass is 10.1. The maximum Gasteiger partial charge on any atom is 0.414 e. The fourth-order valence-corrected chi connectivity index (χ4v) is 2.24. The van der Waals surface area contributed by atoms with E-state index in [1.165, 1.54) is 25.2 Å². The quantitative estimate of drug-likeness (QED) is 0.652. The van der Waals surface area contributed by atoms with E-state index >= 15 is 0 Å². The van der Waals surface area contributed by atoms with Crippen LogP contribution in [0.1, 0.15) is 13.8 Å². The molecule has 2 aliphatic heterocycles. The van der Waals surface area contributed by atoms with E-state index in [0.29, 0.717) is 0 Å². The van der Waals surface area contributed by atoms with Crippen molar-refractivity contribution in [3.63, 3.8) is 0 Å². The minimum atomic E-state index is -0.751. The van der Waals surface area contributed by atoms with Crippen LogP contribution in [-0.2, 0) is 23.7 Å². The summed E-state index contributed by atoms with van der Waals surface area (Å²) in [5, 5.41) is 0. The van der Waals surface area contributed by atoms with Crippen LogP contribution >= 0.6 is 0 Å². The Morgan fingerprint density at radius 1 is 1.32 bits per heavy atom. The number of nitrogens with zero attached hydrogens (tertiary/aromatic N) is 1. The van der Waals surface area contributed by atoms with Crippen molar-refractivity contribution in [1.82, 2.24) is 4.90 Å². The summed E-state index contributed by atoms with van der Waals surface area (Å²) < 4.78 is 20.6. The number of amides is 1. The second-order valence-corrected chi connectivity index (χ2v) is 4.76. The Hall–Kier alpha value is -1.60. The molecule has 0 spiro atoms. The maximum atomic E-state index is 11.7. The minimum absolute atomic E-state index is 0.108. The summed E-state index contributed by atoms with van der Waals surface area (Å²) in [6.07, 6.45) is 0.182. The molecule has 0 aromatic rings. The molecule has 2 atom stereocenters. The molecule has 0 aromatic carbocycles. The van der Waals surface area contributed by atoms with Crippen molar-refractivity contribution in [3.05, 3.63) is 11.8 Å². The third kappa shape index (κ3) is 2.57. The maximum absolute atomic E-state index is 11.7. The lowest BCUT2D eigenvalue weighted by Gasteiger charge is -2.30. The summed E-state index contributed by atoms with van der Waals surface area (Å²) in [6, 6.07) is 0. The van der Waals surface area contributed by atoms with Gasteiger partial charge in [-0.1, -0.05) is 0 Å². The van der Waals surface area contributed by atoms with Crippen molar-refractivity contribution >= 4 is 12.1 Å². The SMILES string of the molecule is COC(=O)C1=C[C@@H]2OC(C)(C)O[C@@H]2CN1C(=O)OC. The Morgan fingerprint density at radius 2 is 2.00 bits per heavy atom. The molecular weight excluding hydrogens is 254 g/mol. The fourth-order valence-electron chi connectivity index (χ4n) is 2.24. The van der Waals surface area contributed by atoms with Crippen molar-refractivity contribution in [2.75, 3.05) is 20.8 Å². The van der Waals surface area contributed by atoms with E-state index in [4.69, 9.17) is 9.47 Å². The van der Waals surface area contributed by atoms with Gasteiger partial charge in [-0.05, 0) is 19.9 Å². The minimum Gasteiger partial charge on any atom is -0.464 e. The van der Waals surface area contributed by atoms with Gasteiger partial charge in [-0.15, -0.1) is 0 Å². The lowest BCUT2D eigenvalue weighted by molar-refractivity contribution is -0.143. The molecule has 1 fully saturated rings. The Kier molecular flexibility index (Phi) is 3.51. The number of ether oxygens (including phenoxy) is 4. The van der Waals surface area contributed by atoms with Crippen LogP contribution in [0.5, 0.6) is 0 Å². The van der Waals surface area contributed by atoms with Gasteiger partial charge in [0.15, 0.2) is 5.79 Å². The average molecular weight is 271 g/mol. The van der Waals surface area contributed by atoms with Gasteiger partial charge in [-0.2, -0.15) is 0 Å². The molecule has 106 valence electrons. The summed E-state index contributed by atoms with van der Waals surface area (Å²) in [6.45, 7) is 3.74. The van der Waals surface area contributed by atoms with Crippen LogP contribution in [0, 0.1) is 0 Å². The van der Waals surface area contributed by atoms with E-state index in [0.717, 1.165) is 0 Å². The zero-order valence-electron chi connectivity index (χ0n) is 11.3. The van der Waals surface area contributed by atoms with Crippen molar-refractivity contribution in [2.24, 2.45) is 0 Å². The van der Waals surface area contributed by atoms with Crippen LogP contribution in [0.4, 0.5) is 4.79 Å². The molecule has 7 heteroatoms. The number of carbonyl (C=O) groups excluding carboxylic acids is 2. The first-order valence-corrected chi connectivity index (χ1v) is 5.89. The molecule has 0 aliphatic carbocycles. The molecule has 1 saturated heterocycles. The molecular formula is C12H17NO6. The predicted molar refractivity (Wildman–Crippen MR) is 63.0 cm³/mol. The van der Waals surface area contributed by atoms with Gasteiger partial charge >= 0.3 is 12.1 Å². The molecule has 2 aliphatic rings. The van der Waals surface area contributed by atoms with Gasteiger partial charge < -0.3 is 18.9 Å². The summed E-state index contributed by atoms with van der Waals surface area (Å²) in [5.41, 5.74) is 0.108. The smallest absolute Gasteiger partial charge is 0.414 e. The van der Waals surface area contributed by atoms with E-state index in [2.05, 4.69) is 9.47 Å². The molecule has 7 nitrogen and oxygen atoms in total. The molecule has 0 unspecified atom stereocenters. The highest BCUT2D eigenvalue weighted by atomic mass is 16.8. The average Bonchev–Trinajstić information content (AvgIpc) is 2.68. The van der Waals surface area contributed by atoms with E-state index in [9.17, 15) is 9.59 Å². The molecule has 19 heavy (non-hydrogen) atoms. The van der Waals surface area contributed by atoms with E-state index < -0.39 is 17.8 Å². The number of methoxy groups -OCH3 is 2. The van der Waals surface area contributed by atoms with Crippen LogP contribution in [0.25, 0.3) is 0 Å². The summed E-state index contributed by atoms with van der Waals surface area (Å²) in [5.74, 6) is -1.36. The lowest BCUT2D eigenvalue weighted by Crippen LogP contribution is -2.46. The fraction of sp³-hybridized carbons (Fsp3) is 0.667. The van der Waals surface area contributed by atoms with Crippen molar-refractivity contribution < 1.29 is 28.5 Å². The van der Waals surface area contributed by atoms with Crippen molar-refractivity contribution in [3.8, 4) is 0 Å². The molecule has 2 heterocycles. The van der Waals surface area contributed by atoms with Gasteiger partial charge in [0, 0.05) is 0 Å². The van der Waals surface area contributed by atoms with Gasteiger partial charge in [-0.3, -0.25) is 4.90 Å². The van der Waals surface area contributed by atoms with Crippen LogP contribution in [0.15, 0.2) is 11.8 Å². The van der Waals surface area contributed by atoms with Crippen molar-refractivity contribution in [2.45, 2.75) is 31.8 Å². The molecule has 0 saturated carbocycles. The Labute approximate surface area is 111 Å². The number of rotatable bonds is 1. The van der Waals surface area contributed by atoms with Gasteiger partial charge in [0.25, 0.3) is 0 Å². The Morgan fingerprint density at radius 3 is 2.58 bits per heavy atom. The molecule has 1 amide bonds. The van der Waals surface area contributed by atoms with Crippen LogP contribution < -0.4 is 0 Å². The van der Waals surface area contributed by atoms with Gasteiger partial charge in [0.1, 0.15) is 17.9 Å². The second kappa shape index (κ2) is 4.82. The third-order valence-corrected chi connectivity index (χ3v) is 2.99. The molecule has 0 radical (unpaired) electrons. The zero-order valence-corrected chi connectivity index (χ0v) is 11.3. The molecule has 0 bridgehead atoms. The second-order valence-electron chi connectivity index (χ2n) is 4.76.